The summed E-state index contributed by atoms with van der Waals surface area (Å²) >= 11 is 0. The summed E-state index contributed by atoms with van der Waals surface area (Å²) in [5, 5.41) is 15.3. The van der Waals surface area contributed by atoms with Crippen LogP contribution >= 0.6 is 0 Å². The first-order valence-electron chi connectivity index (χ1n) is 4.69. The highest BCUT2D eigenvalue weighted by atomic mass is 16.4. The van der Waals surface area contributed by atoms with Gasteiger partial charge < -0.3 is 10.4 Å². The number of aryl methyl sites for hydroxylation is 1. The van der Waals surface area contributed by atoms with Crippen LogP contribution in [-0.2, 0) is 11.3 Å². The lowest BCUT2D eigenvalue weighted by atomic mass is 10.3. The first-order chi connectivity index (χ1) is 7.54. The molecule has 0 aliphatic rings. The van der Waals surface area contributed by atoms with Crippen molar-refractivity contribution in [3.05, 3.63) is 30.1 Å². The summed E-state index contributed by atoms with van der Waals surface area (Å²) in [6.07, 6.45) is 2.90. The number of carboxylic acids is 1. The number of hydrogen-bond donors (Lipinski definition) is 2. The van der Waals surface area contributed by atoms with Gasteiger partial charge in [0.2, 0.25) is 5.91 Å². The minimum Gasteiger partial charge on any atom is -0.478 e. The summed E-state index contributed by atoms with van der Waals surface area (Å²) in [5.74, 6) is -1.28. The van der Waals surface area contributed by atoms with Crippen LogP contribution in [0.3, 0.4) is 0 Å². The number of rotatable bonds is 5. The van der Waals surface area contributed by atoms with E-state index in [1.165, 1.54) is 10.9 Å². The van der Waals surface area contributed by atoms with E-state index >= 15 is 0 Å². The summed E-state index contributed by atoms with van der Waals surface area (Å²) < 4.78 is 1.30. The molecule has 0 bridgehead atoms. The molecule has 0 fully saturated rings. The Morgan fingerprint density at radius 2 is 2.38 bits per heavy atom. The maximum atomic E-state index is 11.3. The number of amides is 1. The average molecular weight is 223 g/mol. The predicted molar refractivity (Wildman–Crippen MR) is 57.1 cm³/mol. The van der Waals surface area contributed by atoms with E-state index in [-0.39, 0.29) is 18.0 Å². The number of nitrogens with zero attached hydrogens (tertiary/aromatic N) is 2. The van der Waals surface area contributed by atoms with Gasteiger partial charge >= 0.3 is 5.97 Å². The zero-order valence-electron chi connectivity index (χ0n) is 8.93. The average Bonchev–Trinajstić information content (AvgIpc) is 2.56. The van der Waals surface area contributed by atoms with Crippen molar-refractivity contribution in [1.82, 2.24) is 15.1 Å². The third-order valence-corrected chi connectivity index (χ3v) is 1.93. The van der Waals surface area contributed by atoms with E-state index in [4.69, 9.17) is 5.11 Å². The second kappa shape index (κ2) is 5.11. The largest absolute Gasteiger partial charge is 0.478 e. The molecule has 0 spiro atoms. The number of carboxylic acid groups (broad SMARTS) is 1. The van der Waals surface area contributed by atoms with Crippen molar-refractivity contribution in [2.75, 3.05) is 6.54 Å². The first-order valence-corrected chi connectivity index (χ1v) is 4.69. The van der Waals surface area contributed by atoms with Crippen LogP contribution < -0.4 is 5.32 Å². The molecule has 0 radical (unpaired) electrons. The molecule has 0 aliphatic heterocycles. The number of aromatic nitrogens is 2. The molecule has 0 saturated heterocycles. The number of aromatic carboxylic acids is 1. The lowest BCUT2D eigenvalue weighted by Gasteiger charge is -2.01. The maximum absolute atomic E-state index is 11.3. The highest BCUT2D eigenvalue weighted by Gasteiger charge is 2.12. The third-order valence-electron chi connectivity index (χ3n) is 1.93. The topological polar surface area (TPSA) is 84.2 Å². The predicted octanol–water partition coefficient (Wildman–Crippen LogP) is 0.192. The summed E-state index contributed by atoms with van der Waals surface area (Å²) in [6.45, 7) is 5.43. The molecule has 1 heterocycles. The molecule has 0 aliphatic carbocycles. The number of carbonyl (C=O) groups is 2. The Kier molecular flexibility index (Phi) is 3.82. The Balaban J connectivity index is 2.68. The molecule has 1 amide bonds. The normalized spacial score (nSPS) is 9.81. The van der Waals surface area contributed by atoms with Crippen LogP contribution in [0.5, 0.6) is 0 Å². The first kappa shape index (κ1) is 12.0. The van der Waals surface area contributed by atoms with Crippen molar-refractivity contribution in [2.45, 2.75) is 13.5 Å². The van der Waals surface area contributed by atoms with Crippen molar-refractivity contribution in [1.29, 1.82) is 0 Å². The molecule has 0 saturated carbocycles. The monoisotopic (exact) mass is 223 g/mol. The van der Waals surface area contributed by atoms with Gasteiger partial charge in [-0.3, -0.25) is 9.48 Å². The minimum atomic E-state index is -1.05. The van der Waals surface area contributed by atoms with Gasteiger partial charge in [0.25, 0.3) is 0 Å². The van der Waals surface area contributed by atoms with E-state index in [9.17, 15) is 9.59 Å². The molecule has 1 aromatic rings. The quantitative estimate of drug-likeness (QED) is 0.698. The fourth-order valence-corrected chi connectivity index (χ4v) is 1.20. The smallest absolute Gasteiger partial charge is 0.339 e. The van der Waals surface area contributed by atoms with Crippen LogP contribution in [0.15, 0.2) is 18.9 Å². The number of hydrogen-bond acceptors (Lipinski definition) is 3. The molecule has 6 nitrogen and oxygen atoms in total. The summed E-state index contributed by atoms with van der Waals surface area (Å²) in [5.41, 5.74) is 0.501. The van der Waals surface area contributed by atoms with E-state index in [1.54, 1.807) is 13.0 Å². The maximum Gasteiger partial charge on any atom is 0.339 e. The molecule has 2 N–H and O–H groups in total. The molecule has 1 rings (SSSR count). The molecular formula is C10H13N3O3. The summed E-state index contributed by atoms with van der Waals surface area (Å²) in [4.78, 5) is 22.0. The van der Waals surface area contributed by atoms with Crippen LogP contribution in [0.25, 0.3) is 0 Å². The van der Waals surface area contributed by atoms with Gasteiger partial charge in [0.1, 0.15) is 12.1 Å². The van der Waals surface area contributed by atoms with E-state index in [0.717, 1.165) is 0 Å². The van der Waals surface area contributed by atoms with E-state index in [2.05, 4.69) is 17.0 Å². The highest BCUT2D eigenvalue weighted by molar-refractivity contribution is 5.88. The van der Waals surface area contributed by atoms with E-state index in [0.29, 0.717) is 12.2 Å². The van der Waals surface area contributed by atoms with Crippen LogP contribution in [-0.4, -0.2) is 33.3 Å². The second-order valence-electron chi connectivity index (χ2n) is 3.22. The Hall–Kier alpha value is -2.11. The fourth-order valence-electron chi connectivity index (χ4n) is 1.20. The Labute approximate surface area is 92.6 Å². The Morgan fingerprint density at radius 3 is 2.88 bits per heavy atom. The van der Waals surface area contributed by atoms with Crippen molar-refractivity contribution >= 4 is 11.9 Å². The van der Waals surface area contributed by atoms with Crippen LogP contribution in [0.2, 0.25) is 0 Å². The fraction of sp³-hybridized carbons (Fsp3) is 0.300. The lowest BCUT2D eigenvalue weighted by Crippen LogP contribution is -2.27. The molecule has 0 atom stereocenters. The molecule has 0 unspecified atom stereocenters. The summed E-state index contributed by atoms with van der Waals surface area (Å²) in [6, 6.07) is 0. The molecule has 86 valence electrons. The second-order valence-corrected chi connectivity index (χ2v) is 3.22. The van der Waals surface area contributed by atoms with Gasteiger partial charge in [-0.2, -0.15) is 5.10 Å². The lowest BCUT2D eigenvalue weighted by molar-refractivity contribution is -0.121. The van der Waals surface area contributed by atoms with Crippen LogP contribution in [0, 0.1) is 6.92 Å². The van der Waals surface area contributed by atoms with Crippen molar-refractivity contribution in [3.63, 3.8) is 0 Å². The van der Waals surface area contributed by atoms with Gasteiger partial charge in [-0.15, -0.1) is 6.58 Å². The molecular weight excluding hydrogens is 210 g/mol. The standard InChI is InChI=1S/C10H13N3O3/c1-3-4-11-9(14)6-13-5-8(10(15)16)7(2)12-13/h3,5H,1,4,6H2,2H3,(H,11,14)(H,15,16). The third kappa shape index (κ3) is 2.94. The van der Waals surface area contributed by atoms with Crippen LogP contribution in [0.4, 0.5) is 0 Å². The van der Waals surface area contributed by atoms with E-state index < -0.39 is 5.97 Å². The van der Waals surface area contributed by atoms with Gasteiger partial charge in [-0.05, 0) is 6.92 Å². The zero-order chi connectivity index (χ0) is 12.1. The number of carbonyl (C=O) groups excluding carboxylic acids is 1. The van der Waals surface area contributed by atoms with Crippen LogP contribution in [0.1, 0.15) is 16.1 Å². The number of nitrogens with one attached hydrogen (secondary N) is 1. The zero-order valence-corrected chi connectivity index (χ0v) is 8.93. The van der Waals surface area contributed by atoms with Gasteiger partial charge in [0, 0.05) is 12.7 Å². The molecule has 6 heteroatoms. The summed E-state index contributed by atoms with van der Waals surface area (Å²) in [7, 11) is 0. The van der Waals surface area contributed by atoms with Crippen molar-refractivity contribution in [2.24, 2.45) is 0 Å². The van der Waals surface area contributed by atoms with Gasteiger partial charge in [-0.1, -0.05) is 6.08 Å². The van der Waals surface area contributed by atoms with Crippen molar-refractivity contribution in [3.8, 4) is 0 Å². The van der Waals surface area contributed by atoms with Gasteiger partial charge in [0.15, 0.2) is 0 Å². The van der Waals surface area contributed by atoms with Crippen molar-refractivity contribution < 1.29 is 14.7 Å². The van der Waals surface area contributed by atoms with Gasteiger partial charge in [-0.25, -0.2) is 4.79 Å². The molecule has 0 aromatic carbocycles. The Bertz CT molecular complexity index is 423. The highest BCUT2D eigenvalue weighted by Crippen LogP contribution is 2.04. The van der Waals surface area contributed by atoms with E-state index in [1.807, 2.05) is 0 Å². The molecule has 16 heavy (non-hydrogen) atoms. The molecule has 1 aromatic heterocycles. The SMILES string of the molecule is C=CCNC(=O)Cn1cc(C(=O)O)c(C)n1. The van der Waals surface area contributed by atoms with Gasteiger partial charge in [0.05, 0.1) is 5.69 Å². The Morgan fingerprint density at radius 1 is 1.69 bits per heavy atom. The minimum absolute atomic E-state index is 0.00194.